The molecular formula is C24H28N4O5. The smallest absolute Gasteiger partial charge is 0.325 e. The van der Waals surface area contributed by atoms with Gasteiger partial charge >= 0.3 is 6.03 Å². The van der Waals surface area contributed by atoms with Gasteiger partial charge in [0, 0.05) is 25.8 Å². The van der Waals surface area contributed by atoms with Crippen LogP contribution in [0.25, 0.3) is 0 Å². The van der Waals surface area contributed by atoms with Gasteiger partial charge in [-0.1, -0.05) is 24.3 Å². The highest BCUT2D eigenvalue weighted by molar-refractivity contribution is 6.09. The molecule has 1 saturated heterocycles. The van der Waals surface area contributed by atoms with E-state index in [4.69, 9.17) is 9.47 Å². The Balaban J connectivity index is 1.31. The van der Waals surface area contributed by atoms with Gasteiger partial charge in [0.15, 0.2) is 11.5 Å². The van der Waals surface area contributed by atoms with E-state index in [1.807, 2.05) is 37.4 Å². The minimum atomic E-state index is -1.29. The van der Waals surface area contributed by atoms with E-state index in [0.29, 0.717) is 36.8 Å². The van der Waals surface area contributed by atoms with Gasteiger partial charge in [0.1, 0.15) is 25.3 Å². The van der Waals surface area contributed by atoms with Crippen LogP contribution in [0, 0.1) is 0 Å². The molecule has 33 heavy (non-hydrogen) atoms. The second-order valence-corrected chi connectivity index (χ2v) is 8.27. The molecule has 0 bridgehead atoms. The van der Waals surface area contributed by atoms with Crippen molar-refractivity contribution in [3.8, 4) is 11.5 Å². The number of imide groups is 1. The number of anilines is 1. The number of para-hydroxylation sites is 1. The molecule has 0 aliphatic carbocycles. The first-order chi connectivity index (χ1) is 15.9. The number of nitrogens with one attached hydrogen (secondary N) is 2. The van der Waals surface area contributed by atoms with Gasteiger partial charge in [0.25, 0.3) is 5.91 Å². The van der Waals surface area contributed by atoms with E-state index in [2.05, 4.69) is 15.5 Å². The molecule has 2 aliphatic rings. The van der Waals surface area contributed by atoms with Crippen molar-refractivity contribution in [2.45, 2.75) is 18.9 Å². The number of urea groups is 1. The Labute approximate surface area is 192 Å². The number of benzene rings is 2. The minimum absolute atomic E-state index is 0.334. The first-order valence-corrected chi connectivity index (χ1v) is 11.0. The van der Waals surface area contributed by atoms with E-state index < -0.39 is 17.5 Å². The molecular weight excluding hydrogens is 424 g/mol. The van der Waals surface area contributed by atoms with Crippen molar-refractivity contribution in [1.82, 2.24) is 15.5 Å². The third kappa shape index (κ3) is 4.72. The predicted molar refractivity (Wildman–Crippen MR) is 122 cm³/mol. The zero-order chi connectivity index (χ0) is 23.4. The lowest BCUT2D eigenvalue weighted by Crippen LogP contribution is -2.43. The van der Waals surface area contributed by atoms with Gasteiger partial charge in [0.2, 0.25) is 5.91 Å². The Kier molecular flexibility index (Phi) is 6.39. The van der Waals surface area contributed by atoms with E-state index in [9.17, 15) is 14.4 Å². The Morgan fingerprint density at radius 2 is 1.85 bits per heavy atom. The number of nitrogens with zero attached hydrogens (tertiary/aromatic N) is 2. The van der Waals surface area contributed by atoms with Crippen molar-refractivity contribution in [3.63, 3.8) is 0 Å². The summed E-state index contributed by atoms with van der Waals surface area (Å²) in [5.41, 5.74) is 0.379. The maximum atomic E-state index is 13.1. The molecule has 1 atom stereocenters. The van der Waals surface area contributed by atoms with Gasteiger partial charge in [-0.3, -0.25) is 14.5 Å². The first-order valence-electron chi connectivity index (χ1n) is 11.0. The van der Waals surface area contributed by atoms with Gasteiger partial charge in [-0.25, -0.2) is 4.79 Å². The van der Waals surface area contributed by atoms with Crippen LogP contribution in [-0.2, 0) is 15.1 Å². The standard InChI is InChI=1S/C24H28N4O5/c1-24(17-9-10-19-20(15-17)33-14-13-32-19)22(30)28(23(31)26-24)16-21(29)25-11-6-12-27(2)18-7-4-3-5-8-18/h3-5,7-10,15H,6,11-14,16H2,1-2H3,(H,25,29)(H,26,31). The monoisotopic (exact) mass is 452 g/mol. The lowest BCUT2D eigenvalue weighted by Gasteiger charge is -2.25. The highest BCUT2D eigenvalue weighted by atomic mass is 16.6. The number of ether oxygens (including phenoxy) is 2. The molecule has 2 aromatic carbocycles. The number of carbonyl (C=O) groups excluding carboxylic acids is 3. The van der Waals surface area contributed by atoms with E-state index in [1.54, 1.807) is 25.1 Å². The summed E-state index contributed by atoms with van der Waals surface area (Å²) in [7, 11) is 1.99. The molecule has 2 N–H and O–H groups in total. The van der Waals surface area contributed by atoms with Crippen molar-refractivity contribution in [3.05, 3.63) is 54.1 Å². The van der Waals surface area contributed by atoms with Crippen LogP contribution in [-0.4, -0.2) is 62.6 Å². The number of hydrogen-bond donors (Lipinski definition) is 2. The van der Waals surface area contributed by atoms with Gasteiger partial charge < -0.3 is 25.0 Å². The minimum Gasteiger partial charge on any atom is -0.486 e. The molecule has 9 heteroatoms. The van der Waals surface area contributed by atoms with Crippen molar-refractivity contribution in [1.29, 1.82) is 0 Å². The van der Waals surface area contributed by atoms with Crippen LogP contribution in [0.2, 0.25) is 0 Å². The highest BCUT2D eigenvalue weighted by Crippen LogP contribution is 2.36. The van der Waals surface area contributed by atoms with E-state index in [1.165, 1.54) is 0 Å². The Morgan fingerprint density at radius 3 is 2.61 bits per heavy atom. The summed E-state index contributed by atoms with van der Waals surface area (Å²) in [6, 6.07) is 14.5. The number of fused-ring (bicyclic) bond motifs is 1. The zero-order valence-electron chi connectivity index (χ0n) is 18.8. The summed E-state index contributed by atoms with van der Waals surface area (Å²) >= 11 is 0. The first kappa shape index (κ1) is 22.4. The number of carbonyl (C=O) groups is 3. The Morgan fingerprint density at radius 1 is 1.12 bits per heavy atom. The fourth-order valence-corrected chi connectivity index (χ4v) is 3.95. The molecule has 0 saturated carbocycles. The summed E-state index contributed by atoms with van der Waals surface area (Å²) in [4.78, 5) is 41.1. The predicted octanol–water partition coefficient (Wildman–Crippen LogP) is 1.87. The second kappa shape index (κ2) is 9.40. The van der Waals surface area contributed by atoms with Gasteiger partial charge in [-0.2, -0.15) is 0 Å². The zero-order valence-corrected chi connectivity index (χ0v) is 18.8. The number of rotatable bonds is 8. The molecule has 0 radical (unpaired) electrons. The molecule has 0 aromatic heterocycles. The van der Waals surface area contributed by atoms with E-state index in [0.717, 1.165) is 23.6 Å². The lowest BCUT2D eigenvalue weighted by molar-refractivity contribution is -0.134. The van der Waals surface area contributed by atoms with Crippen LogP contribution in [0.1, 0.15) is 18.9 Å². The van der Waals surface area contributed by atoms with Crippen LogP contribution >= 0.6 is 0 Å². The van der Waals surface area contributed by atoms with Gasteiger partial charge in [0.05, 0.1) is 0 Å². The molecule has 2 heterocycles. The van der Waals surface area contributed by atoms with Crippen LogP contribution in [0.4, 0.5) is 10.5 Å². The maximum Gasteiger partial charge on any atom is 0.325 e. The molecule has 2 aliphatic heterocycles. The van der Waals surface area contributed by atoms with Gasteiger partial charge in [-0.15, -0.1) is 0 Å². The lowest BCUT2D eigenvalue weighted by atomic mass is 9.91. The molecule has 0 spiro atoms. The SMILES string of the molecule is CN(CCCNC(=O)CN1C(=O)NC(C)(c2ccc3c(c2)OCCO3)C1=O)c1ccccc1. The average Bonchev–Trinajstić information content (AvgIpc) is 3.05. The van der Waals surface area contributed by atoms with Crippen LogP contribution < -0.4 is 25.0 Å². The van der Waals surface area contributed by atoms with Crippen LogP contribution in [0.3, 0.4) is 0 Å². The van der Waals surface area contributed by atoms with Crippen LogP contribution in [0.15, 0.2) is 48.5 Å². The van der Waals surface area contributed by atoms with E-state index >= 15 is 0 Å². The van der Waals surface area contributed by atoms with Crippen molar-refractivity contribution >= 4 is 23.5 Å². The summed E-state index contributed by atoms with van der Waals surface area (Å²) in [6.07, 6.45) is 0.728. The quantitative estimate of drug-likeness (QED) is 0.469. The van der Waals surface area contributed by atoms with Gasteiger partial charge in [-0.05, 0) is 43.2 Å². The molecule has 4 rings (SSSR count). The summed E-state index contributed by atoms with van der Waals surface area (Å²) in [6.45, 7) is 3.37. The molecule has 1 fully saturated rings. The molecule has 2 aromatic rings. The fraction of sp³-hybridized carbons (Fsp3) is 0.375. The largest absolute Gasteiger partial charge is 0.486 e. The summed E-state index contributed by atoms with van der Waals surface area (Å²) in [5.74, 6) is 0.258. The van der Waals surface area contributed by atoms with Crippen molar-refractivity contribution < 1.29 is 23.9 Å². The topological polar surface area (TPSA) is 100 Å². The number of amides is 4. The summed E-state index contributed by atoms with van der Waals surface area (Å²) < 4.78 is 11.1. The number of hydrogen-bond acceptors (Lipinski definition) is 6. The van der Waals surface area contributed by atoms with Crippen molar-refractivity contribution in [2.75, 3.05) is 44.8 Å². The highest BCUT2D eigenvalue weighted by Gasteiger charge is 2.49. The Hall–Kier alpha value is -3.75. The average molecular weight is 453 g/mol. The third-order valence-corrected chi connectivity index (χ3v) is 5.89. The Bertz CT molecular complexity index is 1040. The summed E-state index contributed by atoms with van der Waals surface area (Å²) in [5, 5.41) is 5.50. The molecule has 1 unspecified atom stereocenters. The normalized spacial score (nSPS) is 19.3. The molecule has 174 valence electrons. The molecule has 9 nitrogen and oxygen atoms in total. The fourth-order valence-electron chi connectivity index (χ4n) is 3.95. The second-order valence-electron chi connectivity index (χ2n) is 8.27. The third-order valence-electron chi connectivity index (χ3n) is 5.89. The maximum absolute atomic E-state index is 13.1. The molecule has 4 amide bonds. The van der Waals surface area contributed by atoms with Crippen LogP contribution in [0.5, 0.6) is 11.5 Å². The van der Waals surface area contributed by atoms with E-state index in [-0.39, 0.29) is 12.5 Å². The van der Waals surface area contributed by atoms with Crippen molar-refractivity contribution in [2.24, 2.45) is 0 Å².